The number of hydrogen-bond donors (Lipinski definition) is 0. The van der Waals surface area contributed by atoms with Gasteiger partial charge in [-0.25, -0.2) is 9.78 Å². The summed E-state index contributed by atoms with van der Waals surface area (Å²) < 4.78 is 8.60. The van der Waals surface area contributed by atoms with Gasteiger partial charge in [0.05, 0.1) is 12.0 Å². The second-order valence-corrected chi connectivity index (χ2v) is 8.63. The molecule has 1 amide bonds. The van der Waals surface area contributed by atoms with Crippen molar-refractivity contribution in [3.63, 3.8) is 0 Å². The zero-order valence-corrected chi connectivity index (χ0v) is 19.5. The van der Waals surface area contributed by atoms with Crippen LogP contribution in [-0.2, 0) is 4.74 Å². The predicted molar refractivity (Wildman–Crippen MR) is 131 cm³/mol. The van der Waals surface area contributed by atoms with E-state index in [0.717, 1.165) is 32.1 Å². The van der Waals surface area contributed by atoms with Gasteiger partial charge >= 0.3 is 5.97 Å². The molecule has 8 nitrogen and oxygen atoms in total. The molecule has 0 radical (unpaired) electrons. The molecule has 0 aliphatic heterocycles. The van der Waals surface area contributed by atoms with E-state index in [0.29, 0.717) is 16.9 Å². The molecule has 1 aromatic carbocycles. The van der Waals surface area contributed by atoms with E-state index < -0.39 is 11.9 Å². The van der Waals surface area contributed by atoms with E-state index >= 15 is 0 Å². The summed E-state index contributed by atoms with van der Waals surface area (Å²) in [5.74, 6) is -1.10. The van der Waals surface area contributed by atoms with Crippen LogP contribution >= 0.6 is 0 Å². The van der Waals surface area contributed by atoms with Crippen LogP contribution in [0.1, 0.15) is 65.8 Å². The Labute approximate surface area is 201 Å². The maximum absolute atomic E-state index is 13.5. The highest BCUT2D eigenvalue weighted by Crippen LogP contribution is 2.29. The second-order valence-electron chi connectivity index (χ2n) is 8.63. The molecule has 35 heavy (non-hydrogen) atoms. The van der Waals surface area contributed by atoms with Gasteiger partial charge in [-0.05, 0) is 50.1 Å². The lowest BCUT2D eigenvalue weighted by atomic mass is 9.94. The Morgan fingerprint density at radius 3 is 2.54 bits per heavy atom. The summed E-state index contributed by atoms with van der Waals surface area (Å²) in [4.78, 5) is 49.0. The summed E-state index contributed by atoms with van der Waals surface area (Å²) >= 11 is 0. The molecule has 178 valence electrons. The zero-order valence-electron chi connectivity index (χ0n) is 19.5. The number of rotatable bonds is 4. The quantitative estimate of drug-likeness (QED) is 0.331. The molecule has 1 saturated carbocycles. The van der Waals surface area contributed by atoms with Gasteiger partial charge in [0.25, 0.3) is 11.5 Å². The minimum atomic E-state index is -0.629. The van der Waals surface area contributed by atoms with Crippen molar-refractivity contribution in [2.75, 3.05) is 6.61 Å². The Morgan fingerprint density at radius 2 is 1.80 bits per heavy atom. The van der Waals surface area contributed by atoms with E-state index in [4.69, 9.17) is 9.72 Å². The molecule has 0 spiro atoms. The Morgan fingerprint density at radius 1 is 1.06 bits per heavy atom. The number of carbonyl (C=O) groups is 2. The Balaban J connectivity index is 1.91. The predicted octanol–water partition coefficient (Wildman–Crippen LogP) is 4.07. The van der Waals surface area contributed by atoms with Crippen LogP contribution in [0.3, 0.4) is 0 Å². The Hall–Kier alpha value is -4.07. The molecule has 1 fully saturated rings. The summed E-state index contributed by atoms with van der Waals surface area (Å²) in [6, 6.07) is 15.5. The molecule has 0 unspecified atom stereocenters. The van der Waals surface area contributed by atoms with Crippen molar-refractivity contribution in [3.05, 3.63) is 87.8 Å². The summed E-state index contributed by atoms with van der Waals surface area (Å²) in [6.45, 7) is 1.87. The van der Waals surface area contributed by atoms with Gasteiger partial charge < -0.3 is 9.30 Å². The highest BCUT2D eigenvalue weighted by Gasteiger charge is 2.25. The fourth-order valence-electron chi connectivity index (χ4n) is 4.74. The summed E-state index contributed by atoms with van der Waals surface area (Å²) in [5, 5.41) is 0.286. The minimum Gasteiger partial charge on any atom is -0.462 e. The van der Waals surface area contributed by atoms with E-state index in [1.165, 1.54) is 10.5 Å². The van der Waals surface area contributed by atoms with Crippen molar-refractivity contribution in [2.24, 2.45) is 4.99 Å². The van der Waals surface area contributed by atoms with E-state index in [1.807, 2.05) is 16.7 Å². The van der Waals surface area contributed by atoms with Crippen molar-refractivity contribution in [3.8, 4) is 0 Å². The van der Waals surface area contributed by atoms with Gasteiger partial charge in [-0.1, -0.05) is 43.5 Å². The highest BCUT2D eigenvalue weighted by atomic mass is 16.5. The van der Waals surface area contributed by atoms with Crippen molar-refractivity contribution in [1.82, 2.24) is 14.0 Å². The van der Waals surface area contributed by atoms with Gasteiger partial charge in [0, 0.05) is 17.8 Å². The standard InChI is InChI=1S/C27H26N4O4/c1-2-35-27(34)21-17-20-23(28-22-15-9-10-16-30(22)26(20)33)31(19-13-7-4-8-14-19)24(21)29-25(32)18-11-5-3-6-12-18/h3,5-6,9-12,15-17,19H,2,4,7-8,13-14H2,1H3. The number of aromatic nitrogens is 3. The molecule has 1 aliphatic carbocycles. The molecule has 1 aliphatic rings. The van der Waals surface area contributed by atoms with Gasteiger partial charge in [-0.15, -0.1) is 0 Å². The lowest BCUT2D eigenvalue weighted by molar-refractivity contribution is 0.0523. The Kier molecular flexibility index (Phi) is 6.27. The molecule has 8 heteroatoms. The van der Waals surface area contributed by atoms with E-state index in [2.05, 4.69) is 4.99 Å². The number of fused-ring (bicyclic) bond motifs is 2. The van der Waals surface area contributed by atoms with Crippen LogP contribution in [0.25, 0.3) is 16.7 Å². The first-order valence-corrected chi connectivity index (χ1v) is 12.0. The van der Waals surface area contributed by atoms with Gasteiger partial charge in [0.2, 0.25) is 0 Å². The average molecular weight is 471 g/mol. The topological polar surface area (TPSA) is 95.0 Å². The number of benzene rings is 1. The summed E-state index contributed by atoms with van der Waals surface area (Å²) in [7, 11) is 0. The number of pyridine rings is 2. The molecule has 3 heterocycles. The molecule has 5 rings (SSSR count). The molecule has 0 bridgehead atoms. The van der Waals surface area contributed by atoms with Crippen LogP contribution < -0.4 is 11.0 Å². The molecular weight excluding hydrogens is 444 g/mol. The second kappa shape index (κ2) is 9.66. The average Bonchev–Trinajstić information content (AvgIpc) is 2.89. The SMILES string of the molecule is CCOC(=O)c1cc2c(=O)n3ccccc3nc2n(C2CCCCC2)c1=NC(=O)c1ccccc1. The summed E-state index contributed by atoms with van der Waals surface area (Å²) in [5.41, 5.74) is 1.29. The van der Waals surface area contributed by atoms with Crippen LogP contribution in [0.4, 0.5) is 0 Å². The molecule has 4 aromatic rings. The fourth-order valence-corrected chi connectivity index (χ4v) is 4.74. The maximum Gasteiger partial charge on any atom is 0.341 e. The third kappa shape index (κ3) is 4.27. The first-order valence-electron chi connectivity index (χ1n) is 12.0. The minimum absolute atomic E-state index is 0.0546. The number of nitrogens with zero attached hydrogens (tertiary/aromatic N) is 4. The van der Waals surface area contributed by atoms with Crippen molar-refractivity contribution in [1.29, 1.82) is 0 Å². The van der Waals surface area contributed by atoms with Crippen LogP contribution in [0.5, 0.6) is 0 Å². The van der Waals surface area contributed by atoms with Crippen molar-refractivity contribution in [2.45, 2.75) is 45.1 Å². The molecule has 0 N–H and O–H groups in total. The van der Waals surface area contributed by atoms with Gasteiger partial charge in [-0.3, -0.25) is 14.0 Å². The molecule has 0 atom stereocenters. The number of ether oxygens (including phenoxy) is 1. The third-order valence-electron chi connectivity index (χ3n) is 6.40. The van der Waals surface area contributed by atoms with E-state index in [1.54, 1.807) is 49.5 Å². The van der Waals surface area contributed by atoms with Gasteiger partial charge in [0.15, 0.2) is 5.49 Å². The van der Waals surface area contributed by atoms with Crippen LogP contribution in [0, 0.1) is 0 Å². The molecular formula is C27H26N4O4. The lowest BCUT2D eigenvalue weighted by Crippen LogP contribution is -2.35. The summed E-state index contributed by atoms with van der Waals surface area (Å²) in [6.07, 6.45) is 6.44. The zero-order chi connectivity index (χ0) is 24.4. The molecule has 0 saturated heterocycles. The largest absolute Gasteiger partial charge is 0.462 e. The van der Waals surface area contributed by atoms with Crippen molar-refractivity contribution < 1.29 is 14.3 Å². The first kappa shape index (κ1) is 22.7. The number of carbonyl (C=O) groups excluding carboxylic acids is 2. The lowest BCUT2D eigenvalue weighted by Gasteiger charge is -2.27. The smallest absolute Gasteiger partial charge is 0.341 e. The number of esters is 1. The van der Waals surface area contributed by atoms with Crippen molar-refractivity contribution >= 4 is 28.6 Å². The normalized spacial score (nSPS) is 14.9. The maximum atomic E-state index is 13.5. The van der Waals surface area contributed by atoms with Crippen LogP contribution in [0.15, 0.2) is 70.6 Å². The Bertz CT molecular complexity index is 1550. The monoisotopic (exact) mass is 470 g/mol. The van der Waals surface area contributed by atoms with Gasteiger partial charge in [0.1, 0.15) is 16.9 Å². The van der Waals surface area contributed by atoms with E-state index in [-0.39, 0.29) is 34.6 Å². The van der Waals surface area contributed by atoms with Gasteiger partial charge in [-0.2, -0.15) is 4.99 Å². The van der Waals surface area contributed by atoms with Crippen LogP contribution in [0.2, 0.25) is 0 Å². The van der Waals surface area contributed by atoms with E-state index in [9.17, 15) is 14.4 Å². The van der Waals surface area contributed by atoms with Crippen LogP contribution in [-0.4, -0.2) is 32.4 Å². The number of amides is 1. The highest BCUT2D eigenvalue weighted by molar-refractivity contribution is 5.97. The fraction of sp³-hybridized carbons (Fsp3) is 0.296. The third-order valence-corrected chi connectivity index (χ3v) is 6.40. The molecule has 3 aromatic heterocycles. The number of hydrogen-bond acceptors (Lipinski definition) is 5. The first-order chi connectivity index (χ1) is 17.1.